The van der Waals surface area contributed by atoms with Crippen molar-refractivity contribution in [3.8, 4) is 0 Å². The molecule has 8 nitrogen and oxygen atoms in total. The van der Waals surface area contributed by atoms with E-state index in [-0.39, 0.29) is 0 Å². The highest BCUT2D eigenvalue weighted by molar-refractivity contribution is 5.19. The predicted molar refractivity (Wildman–Crippen MR) is 88.2 cm³/mol. The van der Waals surface area contributed by atoms with E-state index in [2.05, 4.69) is 0 Å². The number of ether oxygens (including phenoxy) is 1. The Morgan fingerprint density at radius 1 is 1.12 bits per heavy atom. The van der Waals surface area contributed by atoms with Crippen molar-refractivity contribution in [3.63, 3.8) is 0 Å². The van der Waals surface area contributed by atoms with Gasteiger partial charge in [0.05, 0.1) is 12.6 Å². The summed E-state index contributed by atoms with van der Waals surface area (Å²) in [7, 11) is 0. The van der Waals surface area contributed by atoms with Gasteiger partial charge in [0.25, 0.3) is 5.56 Å². The van der Waals surface area contributed by atoms with Gasteiger partial charge in [-0.05, 0) is 12.5 Å². The van der Waals surface area contributed by atoms with Gasteiger partial charge in [-0.2, -0.15) is 0 Å². The summed E-state index contributed by atoms with van der Waals surface area (Å²) in [6.45, 7) is 1.23. The Hall–Kier alpha value is -2.26. The topological polar surface area (TPSA) is 114 Å². The van der Waals surface area contributed by atoms with Gasteiger partial charge in [-0.25, -0.2) is 4.79 Å². The first-order chi connectivity index (χ1) is 12.0. The molecule has 1 fully saturated rings. The Morgan fingerprint density at radius 3 is 2.40 bits per heavy atom. The fourth-order valence-corrected chi connectivity index (χ4v) is 3.05. The Balaban J connectivity index is 2.05. The van der Waals surface area contributed by atoms with Crippen LogP contribution in [0, 0.1) is 0 Å². The molecule has 1 aliphatic rings. The Labute approximate surface area is 143 Å². The summed E-state index contributed by atoms with van der Waals surface area (Å²) in [4.78, 5) is 25.1. The number of benzene rings is 1. The molecule has 2 heterocycles. The van der Waals surface area contributed by atoms with E-state index in [1.807, 2.05) is 18.2 Å². The van der Waals surface area contributed by atoms with Crippen molar-refractivity contribution in [3.05, 3.63) is 69.0 Å². The minimum Gasteiger partial charge on any atom is -0.394 e. The molecule has 1 aromatic carbocycles. The van der Waals surface area contributed by atoms with Gasteiger partial charge in [0.1, 0.15) is 18.3 Å². The Bertz CT molecular complexity index is 846. The molecule has 2 unspecified atom stereocenters. The lowest BCUT2D eigenvalue weighted by atomic mass is 10.1. The number of hydrogen-bond acceptors (Lipinski definition) is 6. The van der Waals surface area contributed by atoms with Gasteiger partial charge in [0.15, 0.2) is 6.23 Å². The summed E-state index contributed by atoms with van der Waals surface area (Å²) in [5.41, 5.74) is -0.372. The van der Waals surface area contributed by atoms with Crippen molar-refractivity contribution >= 4 is 0 Å². The molecule has 1 saturated heterocycles. The minimum atomic E-state index is -1.40. The molecular formula is C17H20N2O6. The van der Waals surface area contributed by atoms with Gasteiger partial charge in [-0.1, -0.05) is 30.3 Å². The molecule has 0 aliphatic carbocycles. The molecule has 3 rings (SSSR count). The van der Waals surface area contributed by atoms with E-state index in [1.54, 1.807) is 19.1 Å². The maximum Gasteiger partial charge on any atom is 0.333 e. The third-order valence-electron chi connectivity index (χ3n) is 4.50. The molecule has 1 aromatic heterocycles. The third kappa shape index (κ3) is 3.05. The van der Waals surface area contributed by atoms with E-state index in [9.17, 15) is 24.9 Å². The quantitative estimate of drug-likeness (QED) is 0.669. The molecule has 8 heteroatoms. The number of hydrogen-bond donors (Lipinski definition) is 3. The zero-order chi connectivity index (χ0) is 18.1. The van der Waals surface area contributed by atoms with Gasteiger partial charge < -0.3 is 20.1 Å². The summed E-state index contributed by atoms with van der Waals surface area (Å²) in [6.07, 6.45) is -3.69. The molecule has 25 heavy (non-hydrogen) atoms. The molecule has 3 N–H and O–H groups in total. The van der Waals surface area contributed by atoms with E-state index in [0.29, 0.717) is 0 Å². The average molecular weight is 348 g/mol. The van der Waals surface area contributed by atoms with Crippen molar-refractivity contribution in [1.29, 1.82) is 0 Å². The van der Waals surface area contributed by atoms with E-state index >= 15 is 0 Å². The molecule has 0 amide bonds. The second-order valence-electron chi connectivity index (χ2n) is 6.03. The summed E-state index contributed by atoms with van der Waals surface area (Å²) in [5, 5.41) is 29.2. The van der Waals surface area contributed by atoms with E-state index in [4.69, 9.17) is 4.74 Å². The molecule has 0 radical (unpaired) electrons. The van der Waals surface area contributed by atoms with Gasteiger partial charge in [-0.3, -0.25) is 13.9 Å². The molecular weight excluding hydrogens is 328 g/mol. The molecule has 0 spiro atoms. The first-order valence-corrected chi connectivity index (χ1v) is 7.96. The summed E-state index contributed by atoms with van der Waals surface area (Å²) < 4.78 is 7.50. The largest absolute Gasteiger partial charge is 0.394 e. The fraction of sp³-hybridized carbons (Fsp3) is 0.412. The van der Waals surface area contributed by atoms with Gasteiger partial charge >= 0.3 is 5.69 Å². The Morgan fingerprint density at radius 2 is 1.80 bits per heavy atom. The highest BCUT2D eigenvalue weighted by Gasteiger charge is 2.44. The second kappa shape index (κ2) is 6.93. The number of aromatic nitrogens is 2. The van der Waals surface area contributed by atoms with Crippen molar-refractivity contribution in [2.24, 2.45) is 0 Å². The second-order valence-corrected chi connectivity index (χ2v) is 6.03. The first-order valence-electron chi connectivity index (χ1n) is 7.96. The molecule has 2 aromatic rings. The number of nitrogens with zero attached hydrogens (tertiary/aromatic N) is 2. The van der Waals surface area contributed by atoms with Crippen LogP contribution in [0.4, 0.5) is 0 Å². The summed E-state index contributed by atoms with van der Waals surface area (Å²) in [6, 6.07) is 9.75. The highest BCUT2D eigenvalue weighted by Crippen LogP contribution is 2.28. The van der Waals surface area contributed by atoms with E-state index in [0.717, 1.165) is 14.7 Å². The van der Waals surface area contributed by atoms with Crippen LogP contribution in [-0.4, -0.2) is 49.4 Å². The van der Waals surface area contributed by atoms with E-state index in [1.165, 1.54) is 12.3 Å². The van der Waals surface area contributed by atoms with Gasteiger partial charge in [-0.15, -0.1) is 0 Å². The maximum atomic E-state index is 12.8. The van der Waals surface area contributed by atoms with Crippen molar-refractivity contribution < 1.29 is 20.1 Å². The zero-order valence-corrected chi connectivity index (χ0v) is 13.6. The number of aliphatic hydroxyl groups excluding tert-OH is 3. The molecule has 1 aliphatic heterocycles. The van der Waals surface area contributed by atoms with Crippen LogP contribution in [0.3, 0.4) is 0 Å². The molecule has 0 bridgehead atoms. The predicted octanol–water partition coefficient (Wildman–Crippen LogP) is -0.769. The molecule has 5 atom stereocenters. The molecule has 134 valence electrons. The monoisotopic (exact) mass is 348 g/mol. The zero-order valence-electron chi connectivity index (χ0n) is 13.6. The fourth-order valence-electron chi connectivity index (χ4n) is 3.05. The minimum absolute atomic E-state index is 0.482. The smallest absolute Gasteiger partial charge is 0.333 e. The van der Waals surface area contributed by atoms with Crippen LogP contribution in [0.25, 0.3) is 0 Å². The maximum absolute atomic E-state index is 12.8. The summed E-state index contributed by atoms with van der Waals surface area (Å²) in [5.74, 6) is 0. The summed E-state index contributed by atoms with van der Waals surface area (Å²) >= 11 is 0. The van der Waals surface area contributed by atoms with Crippen LogP contribution in [0.15, 0.2) is 52.2 Å². The van der Waals surface area contributed by atoms with Crippen molar-refractivity contribution in [2.45, 2.75) is 37.5 Å². The van der Waals surface area contributed by atoms with Crippen LogP contribution < -0.4 is 11.2 Å². The van der Waals surface area contributed by atoms with Crippen LogP contribution in [0.1, 0.15) is 24.8 Å². The van der Waals surface area contributed by atoms with E-state index < -0.39 is 48.4 Å². The van der Waals surface area contributed by atoms with Crippen LogP contribution in [0.2, 0.25) is 0 Å². The number of aliphatic hydroxyl groups is 3. The van der Waals surface area contributed by atoms with Crippen LogP contribution in [-0.2, 0) is 4.74 Å². The lowest BCUT2D eigenvalue weighted by Gasteiger charge is -2.21. The van der Waals surface area contributed by atoms with Crippen molar-refractivity contribution in [2.75, 3.05) is 6.61 Å². The van der Waals surface area contributed by atoms with Crippen molar-refractivity contribution in [1.82, 2.24) is 9.13 Å². The molecule has 0 saturated carbocycles. The van der Waals surface area contributed by atoms with Gasteiger partial charge in [0.2, 0.25) is 0 Å². The lowest BCUT2D eigenvalue weighted by molar-refractivity contribution is -0.0556. The average Bonchev–Trinajstić information content (AvgIpc) is 2.90. The highest BCUT2D eigenvalue weighted by atomic mass is 16.6. The van der Waals surface area contributed by atoms with Gasteiger partial charge in [0, 0.05) is 12.3 Å². The Kier molecular flexibility index (Phi) is 4.87. The SMILES string of the molecule is CC(c1ccccc1)n1c(=O)ccn(C2O[C@H](CO)[C@@H](O)[C@H]2O)c1=O. The van der Waals surface area contributed by atoms with Crippen LogP contribution in [0.5, 0.6) is 0 Å². The number of rotatable bonds is 4. The first kappa shape index (κ1) is 17.6. The van der Waals surface area contributed by atoms with Crippen LogP contribution >= 0.6 is 0 Å². The lowest BCUT2D eigenvalue weighted by Crippen LogP contribution is -2.44. The third-order valence-corrected chi connectivity index (χ3v) is 4.50. The normalized spacial score (nSPS) is 27.4. The standard InChI is InChI=1S/C17H20N2O6/c1-10(11-5-3-2-4-6-11)19-13(21)7-8-18(17(19)24)16-15(23)14(22)12(9-20)25-16/h2-8,10,12,14-16,20,22-23H,9H2,1H3/t10?,12-,14-,15-,16?/m1/s1.